The van der Waals surface area contributed by atoms with Crippen LogP contribution in [0.25, 0.3) is 0 Å². The van der Waals surface area contributed by atoms with Crippen molar-refractivity contribution in [2.24, 2.45) is 5.92 Å². The van der Waals surface area contributed by atoms with Gasteiger partial charge in [0.25, 0.3) is 0 Å². The number of ether oxygens (including phenoxy) is 3. The number of hydrogen-bond acceptors (Lipinski definition) is 5. The predicted molar refractivity (Wildman–Crippen MR) is 89.3 cm³/mol. The maximum atomic E-state index is 12.0. The number of esters is 1. The van der Waals surface area contributed by atoms with Crippen LogP contribution < -0.4 is 5.32 Å². The molecule has 0 bridgehead atoms. The highest BCUT2D eigenvalue weighted by Gasteiger charge is 2.23. The highest BCUT2D eigenvalue weighted by molar-refractivity contribution is 5.81. The van der Waals surface area contributed by atoms with Crippen molar-refractivity contribution in [1.29, 1.82) is 0 Å². The molecule has 3 unspecified atom stereocenters. The van der Waals surface area contributed by atoms with Crippen LogP contribution in [-0.4, -0.2) is 43.5 Å². The van der Waals surface area contributed by atoms with E-state index in [0.29, 0.717) is 12.5 Å². The Bertz CT molecular complexity index is 364. The van der Waals surface area contributed by atoms with Gasteiger partial charge in [-0.1, -0.05) is 13.3 Å². The highest BCUT2D eigenvalue weighted by atomic mass is 16.6. The molecule has 3 atom stereocenters. The van der Waals surface area contributed by atoms with Crippen molar-refractivity contribution in [2.75, 3.05) is 13.7 Å². The lowest BCUT2D eigenvalue weighted by molar-refractivity contribution is -0.151. The van der Waals surface area contributed by atoms with Gasteiger partial charge in [-0.2, -0.15) is 0 Å². The smallest absolute Gasteiger partial charge is 0.408 e. The van der Waals surface area contributed by atoms with Crippen LogP contribution >= 0.6 is 0 Å². The van der Waals surface area contributed by atoms with Gasteiger partial charge in [0.15, 0.2) is 0 Å². The molecule has 0 aromatic heterocycles. The lowest BCUT2D eigenvalue weighted by Gasteiger charge is -2.23. The van der Waals surface area contributed by atoms with Gasteiger partial charge in [0.2, 0.25) is 0 Å². The summed E-state index contributed by atoms with van der Waals surface area (Å²) in [6.45, 7) is 11.6. The van der Waals surface area contributed by atoms with Gasteiger partial charge in [-0.3, -0.25) is 0 Å². The zero-order chi connectivity index (χ0) is 18.0. The molecule has 0 rings (SSSR count). The second-order valence-corrected chi connectivity index (χ2v) is 6.91. The first-order valence-corrected chi connectivity index (χ1v) is 8.28. The van der Waals surface area contributed by atoms with Crippen LogP contribution in [0.3, 0.4) is 0 Å². The van der Waals surface area contributed by atoms with E-state index in [1.165, 1.54) is 0 Å². The maximum Gasteiger partial charge on any atom is 0.408 e. The number of nitrogens with one attached hydrogen (secondary N) is 1. The molecule has 0 fully saturated rings. The van der Waals surface area contributed by atoms with Crippen LogP contribution in [0.4, 0.5) is 4.79 Å². The fourth-order valence-electron chi connectivity index (χ4n) is 2.13. The molecule has 6 heteroatoms. The topological polar surface area (TPSA) is 73.9 Å². The molecule has 6 nitrogen and oxygen atoms in total. The van der Waals surface area contributed by atoms with Gasteiger partial charge in [0.05, 0.1) is 6.10 Å². The molecular weight excluding hydrogens is 298 g/mol. The molecule has 0 radical (unpaired) electrons. The number of methoxy groups -OCH3 is 1. The first kappa shape index (κ1) is 21.7. The zero-order valence-corrected chi connectivity index (χ0v) is 15.6. The average Bonchev–Trinajstić information content (AvgIpc) is 2.40. The predicted octanol–water partition coefficient (Wildman–Crippen LogP) is 3.28. The third kappa shape index (κ3) is 11.0. The van der Waals surface area contributed by atoms with Gasteiger partial charge >= 0.3 is 12.1 Å². The van der Waals surface area contributed by atoms with Gasteiger partial charge in [0, 0.05) is 13.7 Å². The Morgan fingerprint density at radius 2 is 1.78 bits per heavy atom. The second-order valence-electron chi connectivity index (χ2n) is 6.91. The van der Waals surface area contributed by atoms with Crippen molar-refractivity contribution in [1.82, 2.24) is 5.32 Å². The summed E-state index contributed by atoms with van der Waals surface area (Å²) >= 11 is 0. The Balaban J connectivity index is 4.26. The first-order chi connectivity index (χ1) is 10.6. The molecule has 0 aromatic rings. The van der Waals surface area contributed by atoms with E-state index < -0.39 is 23.7 Å². The van der Waals surface area contributed by atoms with E-state index in [-0.39, 0.29) is 6.10 Å². The van der Waals surface area contributed by atoms with Gasteiger partial charge in [-0.25, -0.2) is 9.59 Å². The van der Waals surface area contributed by atoms with E-state index in [1.807, 2.05) is 6.92 Å². The Labute approximate surface area is 140 Å². The van der Waals surface area contributed by atoms with E-state index >= 15 is 0 Å². The van der Waals surface area contributed by atoms with Crippen molar-refractivity contribution in [3.05, 3.63) is 0 Å². The fourth-order valence-corrected chi connectivity index (χ4v) is 2.13. The van der Waals surface area contributed by atoms with Crippen molar-refractivity contribution < 1.29 is 23.8 Å². The minimum absolute atomic E-state index is 0.202. The number of alkyl carbamates (subject to hydrolysis) is 1. The molecule has 0 saturated carbocycles. The van der Waals surface area contributed by atoms with Crippen LogP contribution in [-0.2, 0) is 19.0 Å². The van der Waals surface area contributed by atoms with Gasteiger partial charge in [0.1, 0.15) is 11.6 Å². The van der Waals surface area contributed by atoms with Crippen LogP contribution in [0, 0.1) is 5.92 Å². The summed E-state index contributed by atoms with van der Waals surface area (Å²) < 4.78 is 15.6. The van der Waals surface area contributed by atoms with Crippen molar-refractivity contribution in [3.8, 4) is 0 Å². The Morgan fingerprint density at radius 1 is 1.17 bits per heavy atom. The summed E-state index contributed by atoms with van der Waals surface area (Å²) in [6, 6.07) is -0.744. The molecule has 0 aliphatic heterocycles. The molecule has 23 heavy (non-hydrogen) atoms. The number of amides is 1. The maximum absolute atomic E-state index is 12.0. The lowest BCUT2D eigenvalue weighted by atomic mass is 9.96. The highest BCUT2D eigenvalue weighted by Crippen LogP contribution is 2.17. The van der Waals surface area contributed by atoms with E-state index in [9.17, 15) is 9.59 Å². The average molecular weight is 331 g/mol. The minimum atomic E-state index is -0.744. The van der Waals surface area contributed by atoms with Gasteiger partial charge in [-0.05, 0) is 53.4 Å². The summed E-state index contributed by atoms with van der Waals surface area (Å²) in [7, 11) is 1.68. The third-order valence-electron chi connectivity index (χ3n) is 3.38. The number of carbonyl (C=O) groups excluding carboxylic acids is 2. The van der Waals surface area contributed by atoms with Crippen LogP contribution in [0.2, 0.25) is 0 Å². The molecule has 1 amide bonds. The zero-order valence-electron chi connectivity index (χ0n) is 15.6. The Kier molecular flexibility index (Phi) is 9.88. The number of rotatable bonds is 9. The fraction of sp³-hybridized carbons (Fsp3) is 0.882. The molecule has 0 heterocycles. The number of hydrogen-bond donors (Lipinski definition) is 1. The molecular formula is C17H33NO5. The van der Waals surface area contributed by atoms with Crippen LogP contribution in [0.1, 0.15) is 60.8 Å². The normalized spacial score (nSPS) is 15.4. The van der Waals surface area contributed by atoms with Crippen molar-refractivity contribution in [3.63, 3.8) is 0 Å². The van der Waals surface area contributed by atoms with E-state index in [4.69, 9.17) is 14.2 Å². The van der Waals surface area contributed by atoms with E-state index in [2.05, 4.69) is 12.2 Å². The molecule has 136 valence electrons. The Morgan fingerprint density at radius 3 is 2.26 bits per heavy atom. The molecule has 0 aromatic carbocycles. The summed E-state index contributed by atoms with van der Waals surface area (Å²) in [6.07, 6.45) is 1.91. The molecule has 0 aliphatic rings. The lowest BCUT2D eigenvalue weighted by Crippen LogP contribution is -2.43. The summed E-state index contributed by atoms with van der Waals surface area (Å²) in [5.74, 6) is -0.00294. The van der Waals surface area contributed by atoms with E-state index in [1.54, 1.807) is 34.8 Å². The minimum Gasteiger partial charge on any atom is -0.461 e. The molecule has 1 N–H and O–H groups in total. The first-order valence-electron chi connectivity index (χ1n) is 8.28. The largest absolute Gasteiger partial charge is 0.461 e. The quantitative estimate of drug-likeness (QED) is 0.656. The van der Waals surface area contributed by atoms with Crippen molar-refractivity contribution >= 4 is 12.1 Å². The third-order valence-corrected chi connectivity index (χ3v) is 3.38. The van der Waals surface area contributed by atoms with Crippen LogP contribution in [0.15, 0.2) is 0 Å². The molecule has 0 spiro atoms. The van der Waals surface area contributed by atoms with Crippen molar-refractivity contribution in [2.45, 2.75) is 78.6 Å². The summed E-state index contributed by atoms with van der Waals surface area (Å²) in [4.78, 5) is 23.7. The SMILES string of the molecule is CCC(CCOC)CC(C)OC(=O)C(C)NC(=O)OC(C)(C)C. The molecule has 0 saturated heterocycles. The van der Waals surface area contributed by atoms with E-state index in [0.717, 1.165) is 19.3 Å². The summed E-state index contributed by atoms with van der Waals surface area (Å²) in [5.41, 5.74) is -0.601. The molecule has 0 aliphatic carbocycles. The number of carbonyl (C=O) groups is 2. The van der Waals surface area contributed by atoms with Gasteiger partial charge in [-0.15, -0.1) is 0 Å². The Hall–Kier alpha value is -1.30. The standard InChI is InChI=1S/C17H33NO5/c1-8-14(9-10-21-7)11-12(2)22-15(19)13(3)18-16(20)23-17(4,5)6/h12-14H,8-11H2,1-7H3,(H,18,20). The monoisotopic (exact) mass is 331 g/mol. The van der Waals surface area contributed by atoms with Crippen LogP contribution in [0.5, 0.6) is 0 Å². The summed E-state index contributed by atoms with van der Waals surface area (Å²) in [5, 5.41) is 2.49. The van der Waals surface area contributed by atoms with Gasteiger partial charge < -0.3 is 19.5 Å². The second kappa shape index (κ2) is 10.5.